The van der Waals surface area contributed by atoms with Crippen LogP contribution in [0.1, 0.15) is 11.1 Å². The van der Waals surface area contributed by atoms with E-state index in [0.717, 1.165) is 5.56 Å². The summed E-state index contributed by atoms with van der Waals surface area (Å²) >= 11 is 4.57. The third-order valence-electron chi connectivity index (χ3n) is 5.68. The van der Waals surface area contributed by atoms with Crippen LogP contribution < -0.4 is 5.32 Å². The molecule has 0 spiro atoms. The smallest absolute Gasteiger partial charge is 0.355 e. The Kier molecular flexibility index (Phi) is 7.85. The third kappa shape index (κ3) is 5.34. The zero-order valence-electron chi connectivity index (χ0n) is 18.7. The Bertz CT molecular complexity index is 1240. The molecule has 1 saturated heterocycles. The van der Waals surface area contributed by atoms with Crippen molar-refractivity contribution in [3.8, 4) is 0 Å². The van der Waals surface area contributed by atoms with Gasteiger partial charge in [-0.1, -0.05) is 46.3 Å². The maximum atomic E-state index is 13.1. The number of nitrogens with zero attached hydrogens (tertiary/aromatic N) is 2. The number of hydrogen-bond acceptors (Lipinski definition) is 8. The Morgan fingerprint density at radius 1 is 1.19 bits per heavy atom. The first-order chi connectivity index (χ1) is 17.3. The quantitative estimate of drug-likeness (QED) is 0.121. The van der Waals surface area contributed by atoms with Crippen LogP contribution in [0.25, 0.3) is 0 Å². The Balaban J connectivity index is 1.47. The zero-order chi connectivity index (χ0) is 25.8. The first kappa shape index (κ1) is 25.6. The van der Waals surface area contributed by atoms with E-state index >= 15 is 0 Å². The van der Waals surface area contributed by atoms with Crippen LogP contribution in [0, 0.1) is 10.1 Å². The van der Waals surface area contributed by atoms with Crippen molar-refractivity contribution in [1.29, 1.82) is 0 Å². The Morgan fingerprint density at radius 3 is 2.53 bits per heavy atom. The summed E-state index contributed by atoms with van der Waals surface area (Å²) in [4.78, 5) is 60.8. The molecule has 1 N–H and O–H groups in total. The number of benzene rings is 2. The van der Waals surface area contributed by atoms with Gasteiger partial charge in [0.25, 0.3) is 11.6 Å². The maximum absolute atomic E-state index is 13.1. The number of aldehydes is 1. The lowest BCUT2D eigenvalue weighted by molar-refractivity contribution is -0.384. The number of alkyl halides is 1. The van der Waals surface area contributed by atoms with Crippen molar-refractivity contribution in [2.45, 2.75) is 29.3 Å². The Morgan fingerprint density at radius 2 is 1.89 bits per heavy atom. The molecule has 0 bridgehead atoms. The summed E-state index contributed by atoms with van der Waals surface area (Å²) in [6.07, 6.45) is 0.727. The molecule has 36 heavy (non-hydrogen) atoms. The van der Waals surface area contributed by atoms with Crippen molar-refractivity contribution in [3.05, 3.63) is 87.1 Å². The summed E-state index contributed by atoms with van der Waals surface area (Å²) < 4.78 is 5.40. The number of esters is 1. The molecule has 12 heteroatoms. The number of nitrogens with one attached hydrogen (secondary N) is 1. The number of ether oxygens (including phenoxy) is 1. The van der Waals surface area contributed by atoms with Crippen LogP contribution in [0.2, 0.25) is 0 Å². The molecular formula is C24H20BrN3O7S. The second kappa shape index (κ2) is 11.0. The topological polar surface area (TPSA) is 136 Å². The fourth-order valence-corrected chi connectivity index (χ4v) is 5.86. The van der Waals surface area contributed by atoms with Gasteiger partial charge in [0.1, 0.15) is 30.0 Å². The highest BCUT2D eigenvalue weighted by molar-refractivity contribution is 9.10. The lowest BCUT2D eigenvalue weighted by Crippen LogP contribution is -2.71. The number of carbonyl (C=O) groups is 4. The van der Waals surface area contributed by atoms with Crippen molar-refractivity contribution < 1.29 is 28.8 Å². The molecule has 3 unspecified atom stereocenters. The molecule has 2 aliphatic heterocycles. The van der Waals surface area contributed by atoms with Gasteiger partial charge in [-0.15, -0.1) is 11.8 Å². The molecule has 0 aliphatic carbocycles. The summed E-state index contributed by atoms with van der Waals surface area (Å²) in [5, 5.41) is 13.0. The number of β-lactam (4-membered cyclic amide) rings is 1. The van der Waals surface area contributed by atoms with Gasteiger partial charge < -0.3 is 14.8 Å². The van der Waals surface area contributed by atoms with Gasteiger partial charge in [-0.05, 0) is 28.8 Å². The molecule has 186 valence electrons. The Hall–Kier alpha value is -3.51. The van der Waals surface area contributed by atoms with E-state index in [2.05, 4.69) is 21.2 Å². The highest BCUT2D eigenvalue weighted by Crippen LogP contribution is 2.42. The average molecular weight is 574 g/mol. The van der Waals surface area contributed by atoms with Crippen molar-refractivity contribution in [3.63, 3.8) is 0 Å². The highest BCUT2D eigenvalue weighted by atomic mass is 79.9. The number of nitro benzene ring substituents is 1. The molecule has 2 heterocycles. The van der Waals surface area contributed by atoms with Gasteiger partial charge in [0.05, 0.1) is 16.2 Å². The number of rotatable bonds is 9. The fraction of sp³-hybridized carbons (Fsp3) is 0.250. The van der Waals surface area contributed by atoms with Crippen LogP contribution >= 0.6 is 27.7 Å². The predicted molar refractivity (Wildman–Crippen MR) is 134 cm³/mol. The number of halogens is 1. The third-order valence-corrected chi connectivity index (χ3v) is 7.76. The first-order valence-electron chi connectivity index (χ1n) is 10.8. The summed E-state index contributed by atoms with van der Waals surface area (Å²) in [5.41, 5.74) is 1.59. The first-order valence-corrected chi connectivity index (χ1v) is 12.8. The number of thioether (sulfide) groups is 1. The summed E-state index contributed by atoms with van der Waals surface area (Å²) in [6.45, 7) is -0.182. The van der Waals surface area contributed by atoms with Gasteiger partial charge in [0.2, 0.25) is 5.91 Å². The largest absolute Gasteiger partial charge is 0.456 e. The number of carbonyl (C=O) groups excluding carboxylic acids is 4. The summed E-state index contributed by atoms with van der Waals surface area (Å²) in [6, 6.07) is 13.8. The monoisotopic (exact) mass is 573 g/mol. The van der Waals surface area contributed by atoms with Crippen LogP contribution in [0.4, 0.5) is 5.69 Å². The molecule has 2 aromatic rings. The second-order valence-electron chi connectivity index (χ2n) is 8.03. The van der Waals surface area contributed by atoms with Crippen LogP contribution in [-0.2, 0) is 36.9 Å². The van der Waals surface area contributed by atoms with E-state index < -0.39 is 33.0 Å². The van der Waals surface area contributed by atoms with Crippen molar-refractivity contribution >= 4 is 57.4 Å². The maximum Gasteiger partial charge on any atom is 0.355 e. The molecule has 0 aromatic heterocycles. The van der Waals surface area contributed by atoms with E-state index in [1.54, 1.807) is 0 Å². The molecule has 3 atom stereocenters. The van der Waals surface area contributed by atoms with Crippen molar-refractivity contribution in [2.24, 2.45) is 0 Å². The minimum absolute atomic E-state index is 0.0341. The van der Waals surface area contributed by atoms with E-state index in [1.807, 2.05) is 30.3 Å². The van der Waals surface area contributed by atoms with Gasteiger partial charge in [0.15, 0.2) is 0 Å². The molecule has 2 amide bonds. The molecule has 1 fully saturated rings. The second-order valence-corrected chi connectivity index (χ2v) is 10.1. The van der Waals surface area contributed by atoms with E-state index in [0.29, 0.717) is 17.4 Å². The van der Waals surface area contributed by atoms with E-state index in [1.165, 1.54) is 40.9 Å². The SMILES string of the molecule is O=CC(Br)C1=C(C(=O)OCc2ccc([N+](=O)[O-])cc2)N2C(=O)C(NC(=O)Cc3ccccc3)C2SC1. The predicted octanol–water partition coefficient (Wildman–Crippen LogP) is 2.50. The normalized spacial score (nSPS) is 19.6. The number of fused-ring (bicyclic) bond motifs is 1. The number of hydrogen-bond donors (Lipinski definition) is 1. The highest BCUT2D eigenvalue weighted by Gasteiger charge is 2.54. The van der Waals surface area contributed by atoms with Gasteiger partial charge >= 0.3 is 5.97 Å². The van der Waals surface area contributed by atoms with E-state index in [4.69, 9.17) is 4.74 Å². The summed E-state index contributed by atoms with van der Waals surface area (Å²) in [5.74, 6) is -1.32. The van der Waals surface area contributed by atoms with Gasteiger partial charge in [-0.3, -0.25) is 24.6 Å². The minimum atomic E-state index is -0.810. The molecule has 0 radical (unpaired) electrons. The van der Waals surface area contributed by atoms with Crippen LogP contribution in [0.5, 0.6) is 0 Å². The van der Waals surface area contributed by atoms with Gasteiger partial charge in [-0.2, -0.15) is 0 Å². The van der Waals surface area contributed by atoms with Gasteiger partial charge in [0, 0.05) is 17.9 Å². The lowest BCUT2D eigenvalue weighted by atomic mass is 10.0. The molecular weight excluding hydrogens is 554 g/mol. The van der Waals surface area contributed by atoms with E-state index in [-0.39, 0.29) is 36.1 Å². The molecule has 2 aromatic carbocycles. The summed E-state index contributed by atoms with van der Waals surface area (Å²) in [7, 11) is 0. The fourth-order valence-electron chi connectivity index (χ4n) is 3.86. The van der Waals surface area contributed by atoms with Crippen LogP contribution in [0.3, 0.4) is 0 Å². The number of non-ortho nitro benzene ring substituents is 1. The van der Waals surface area contributed by atoms with Crippen molar-refractivity contribution in [2.75, 3.05) is 5.75 Å². The van der Waals surface area contributed by atoms with Crippen LogP contribution in [-0.4, -0.2) is 55.9 Å². The van der Waals surface area contributed by atoms with Gasteiger partial charge in [-0.25, -0.2) is 4.79 Å². The van der Waals surface area contributed by atoms with Crippen LogP contribution in [0.15, 0.2) is 65.9 Å². The molecule has 10 nitrogen and oxygen atoms in total. The molecule has 0 saturated carbocycles. The minimum Gasteiger partial charge on any atom is -0.456 e. The lowest BCUT2D eigenvalue weighted by Gasteiger charge is -2.50. The standard InChI is InChI=1S/C24H20BrN3O7S/c25-18(11-29)17-13-36-23-20(26-19(30)10-14-4-2-1-3-5-14)22(31)27(23)21(17)24(32)35-12-15-6-8-16(9-7-15)28(33)34/h1-9,11,18,20,23H,10,12-13H2,(H,26,30). The number of amides is 2. The number of nitro groups is 1. The zero-order valence-corrected chi connectivity index (χ0v) is 21.1. The molecule has 4 rings (SSSR count). The van der Waals surface area contributed by atoms with Crippen molar-refractivity contribution in [1.82, 2.24) is 10.2 Å². The van der Waals surface area contributed by atoms with E-state index in [9.17, 15) is 29.3 Å². The molecule has 2 aliphatic rings. The average Bonchev–Trinajstić information content (AvgIpc) is 2.89. The Labute approximate surface area is 218 Å².